The Bertz CT molecular complexity index is 928. The maximum absolute atomic E-state index is 12.5. The number of ether oxygens (including phenoxy) is 3. The Labute approximate surface area is 165 Å². The van der Waals surface area contributed by atoms with Gasteiger partial charge in [-0.2, -0.15) is 0 Å². The van der Waals surface area contributed by atoms with Crippen LogP contribution in [-0.2, 0) is 14.8 Å². The second-order valence-electron chi connectivity index (χ2n) is 6.04. The summed E-state index contributed by atoms with van der Waals surface area (Å²) in [5.41, 5.74) is 0.959. The summed E-state index contributed by atoms with van der Waals surface area (Å²) in [7, 11) is 1.15. The van der Waals surface area contributed by atoms with Crippen LogP contribution in [0.25, 0.3) is 0 Å². The van der Waals surface area contributed by atoms with E-state index in [4.69, 9.17) is 14.2 Å². The molecule has 2 aromatic rings. The largest absolute Gasteiger partial charge is 0.497 e. The lowest BCUT2D eigenvalue weighted by atomic mass is 10.2. The summed E-state index contributed by atoms with van der Waals surface area (Å²) in [6.45, 7) is 1.61. The highest BCUT2D eigenvalue weighted by Gasteiger charge is 2.18. The Balaban J connectivity index is 2.07. The number of methoxy groups -OCH3 is 2. The summed E-state index contributed by atoms with van der Waals surface area (Å²) < 4.78 is 40.4. The summed E-state index contributed by atoms with van der Waals surface area (Å²) in [6, 6.07) is 11.5. The number of amides is 1. The second kappa shape index (κ2) is 8.83. The third kappa shape index (κ3) is 5.29. The number of carbonyl (C=O) groups excluding carboxylic acids is 1. The minimum Gasteiger partial charge on any atom is -0.497 e. The van der Waals surface area contributed by atoms with Gasteiger partial charge in [-0.15, -0.1) is 0 Å². The van der Waals surface area contributed by atoms with Gasteiger partial charge in [-0.25, -0.2) is 8.42 Å². The fraction of sp³-hybridized carbons (Fsp3) is 0.316. The van der Waals surface area contributed by atoms with Gasteiger partial charge >= 0.3 is 0 Å². The summed E-state index contributed by atoms with van der Waals surface area (Å²) >= 11 is 0. The lowest BCUT2D eigenvalue weighted by molar-refractivity contribution is -0.122. The Kier molecular flexibility index (Phi) is 6.74. The summed E-state index contributed by atoms with van der Waals surface area (Å²) in [4.78, 5) is 12.5. The van der Waals surface area contributed by atoms with Crippen LogP contribution in [0.1, 0.15) is 6.92 Å². The van der Waals surface area contributed by atoms with E-state index in [1.165, 1.54) is 21.3 Å². The Morgan fingerprint density at radius 3 is 2.18 bits per heavy atom. The van der Waals surface area contributed by atoms with Gasteiger partial charge in [0.15, 0.2) is 6.10 Å². The van der Waals surface area contributed by atoms with Gasteiger partial charge in [0, 0.05) is 13.1 Å². The van der Waals surface area contributed by atoms with Crippen molar-refractivity contribution in [2.75, 3.05) is 37.1 Å². The van der Waals surface area contributed by atoms with E-state index in [0.29, 0.717) is 28.6 Å². The van der Waals surface area contributed by atoms with Crippen molar-refractivity contribution in [2.24, 2.45) is 0 Å². The Morgan fingerprint density at radius 2 is 1.64 bits per heavy atom. The first-order chi connectivity index (χ1) is 13.2. The SMILES string of the molecule is COc1ccc(OC)c(NC(=O)[C@H](C)Oc2ccc(N(C)S(C)(=O)=O)cc2)c1. The monoisotopic (exact) mass is 408 g/mol. The number of nitrogens with zero attached hydrogens (tertiary/aromatic N) is 1. The fourth-order valence-electron chi connectivity index (χ4n) is 2.33. The molecule has 0 bridgehead atoms. The molecule has 2 aromatic carbocycles. The molecule has 1 amide bonds. The first-order valence-corrected chi connectivity index (χ1v) is 10.2. The molecule has 0 fully saturated rings. The molecule has 0 aliphatic rings. The summed E-state index contributed by atoms with van der Waals surface area (Å²) in [5.74, 6) is 1.14. The maximum atomic E-state index is 12.5. The number of anilines is 2. The summed E-state index contributed by atoms with van der Waals surface area (Å²) in [5, 5.41) is 2.75. The predicted molar refractivity (Wildman–Crippen MR) is 108 cm³/mol. The van der Waals surface area contributed by atoms with Crippen molar-refractivity contribution in [3.8, 4) is 17.2 Å². The van der Waals surface area contributed by atoms with Crippen molar-refractivity contribution < 1.29 is 27.4 Å². The van der Waals surface area contributed by atoms with Gasteiger partial charge in [-0.05, 0) is 43.3 Å². The lowest BCUT2D eigenvalue weighted by Crippen LogP contribution is -2.30. The molecule has 28 heavy (non-hydrogen) atoms. The molecule has 0 spiro atoms. The van der Waals surface area contributed by atoms with Crippen LogP contribution in [0.4, 0.5) is 11.4 Å². The molecule has 2 rings (SSSR count). The molecule has 0 unspecified atom stereocenters. The van der Waals surface area contributed by atoms with Gasteiger partial charge in [0.05, 0.1) is 31.9 Å². The third-order valence-corrected chi connectivity index (χ3v) is 5.25. The van der Waals surface area contributed by atoms with Crippen molar-refractivity contribution >= 4 is 27.3 Å². The van der Waals surface area contributed by atoms with Crippen molar-refractivity contribution in [1.29, 1.82) is 0 Å². The van der Waals surface area contributed by atoms with E-state index in [2.05, 4.69) is 5.32 Å². The minimum atomic E-state index is -3.35. The zero-order valence-electron chi connectivity index (χ0n) is 16.4. The van der Waals surface area contributed by atoms with Crippen molar-refractivity contribution in [3.63, 3.8) is 0 Å². The van der Waals surface area contributed by atoms with Gasteiger partial charge in [-0.1, -0.05) is 0 Å². The molecule has 9 heteroatoms. The van der Waals surface area contributed by atoms with E-state index in [9.17, 15) is 13.2 Å². The fourth-order valence-corrected chi connectivity index (χ4v) is 2.83. The highest BCUT2D eigenvalue weighted by atomic mass is 32.2. The van der Waals surface area contributed by atoms with Gasteiger partial charge in [0.1, 0.15) is 17.2 Å². The molecule has 0 saturated heterocycles. The average molecular weight is 408 g/mol. The van der Waals surface area contributed by atoms with Gasteiger partial charge in [0.2, 0.25) is 10.0 Å². The maximum Gasteiger partial charge on any atom is 0.265 e. The molecule has 0 aliphatic carbocycles. The Hall–Kier alpha value is -2.94. The number of rotatable bonds is 8. The molecular formula is C19H24N2O6S. The smallest absolute Gasteiger partial charge is 0.265 e. The van der Waals surface area contributed by atoms with Gasteiger partial charge in [-0.3, -0.25) is 9.10 Å². The first-order valence-electron chi connectivity index (χ1n) is 8.39. The van der Waals surface area contributed by atoms with E-state index >= 15 is 0 Å². The number of carbonyl (C=O) groups is 1. The number of hydrogen-bond donors (Lipinski definition) is 1. The standard InChI is InChI=1S/C19H24N2O6S/c1-13(19(22)20-17-12-16(25-3)10-11-18(17)26-4)27-15-8-6-14(7-9-15)21(2)28(5,23)24/h6-13H,1-5H3,(H,20,22)/t13-/m0/s1. The van der Waals surface area contributed by atoms with Crippen LogP contribution in [0.15, 0.2) is 42.5 Å². The highest BCUT2D eigenvalue weighted by molar-refractivity contribution is 7.92. The zero-order valence-corrected chi connectivity index (χ0v) is 17.2. The molecule has 0 aliphatic heterocycles. The molecule has 8 nitrogen and oxygen atoms in total. The van der Waals surface area contributed by atoms with E-state index in [1.54, 1.807) is 49.4 Å². The number of benzene rings is 2. The molecular weight excluding hydrogens is 384 g/mol. The molecule has 152 valence electrons. The lowest BCUT2D eigenvalue weighted by Gasteiger charge is -2.19. The van der Waals surface area contributed by atoms with Crippen LogP contribution < -0.4 is 23.8 Å². The normalized spacial score (nSPS) is 12.0. The van der Waals surface area contributed by atoms with Crippen LogP contribution in [-0.4, -0.2) is 48.0 Å². The molecule has 0 saturated carbocycles. The number of nitrogens with one attached hydrogen (secondary N) is 1. The second-order valence-corrected chi connectivity index (χ2v) is 8.05. The highest BCUT2D eigenvalue weighted by Crippen LogP contribution is 2.29. The molecule has 0 radical (unpaired) electrons. The van der Waals surface area contributed by atoms with Crippen LogP contribution in [0.3, 0.4) is 0 Å². The molecule has 1 N–H and O–H groups in total. The van der Waals surface area contributed by atoms with Crippen molar-refractivity contribution in [2.45, 2.75) is 13.0 Å². The first kappa shape index (κ1) is 21.4. The van der Waals surface area contributed by atoms with Gasteiger partial charge < -0.3 is 19.5 Å². The van der Waals surface area contributed by atoms with E-state index in [0.717, 1.165) is 10.6 Å². The van der Waals surface area contributed by atoms with E-state index in [-0.39, 0.29) is 5.91 Å². The van der Waals surface area contributed by atoms with Gasteiger partial charge in [0.25, 0.3) is 5.91 Å². The number of hydrogen-bond acceptors (Lipinski definition) is 6. The van der Waals surface area contributed by atoms with Crippen LogP contribution in [0.2, 0.25) is 0 Å². The van der Waals surface area contributed by atoms with E-state index in [1.807, 2.05) is 0 Å². The quantitative estimate of drug-likeness (QED) is 0.721. The topological polar surface area (TPSA) is 94.2 Å². The van der Waals surface area contributed by atoms with Crippen LogP contribution >= 0.6 is 0 Å². The summed E-state index contributed by atoms with van der Waals surface area (Å²) in [6.07, 6.45) is 0.325. The Morgan fingerprint density at radius 1 is 1.04 bits per heavy atom. The number of sulfonamides is 1. The van der Waals surface area contributed by atoms with Crippen molar-refractivity contribution in [1.82, 2.24) is 0 Å². The molecule has 0 heterocycles. The van der Waals surface area contributed by atoms with E-state index < -0.39 is 16.1 Å². The molecule has 1 atom stereocenters. The van der Waals surface area contributed by atoms with Crippen molar-refractivity contribution in [3.05, 3.63) is 42.5 Å². The predicted octanol–water partition coefficient (Wildman–Crippen LogP) is 2.51. The average Bonchev–Trinajstić information content (AvgIpc) is 2.67. The third-order valence-electron chi connectivity index (χ3n) is 4.04. The molecule has 0 aromatic heterocycles. The zero-order chi connectivity index (χ0) is 20.9. The minimum absolute atomic E-state index is 0.371. The van der Waals surface area contributed by atoms with Crippen LogP contribution in [0.5, 0.6) is 17.2 Å². The van der Waals surface area contributed by atoms with Crippen LogP contribution in [0, 0.1) is 0 Å².